The lowest BCUT2D eigenvalue weighted by molar-refractivity contribution is -0.153. The van der Waals surface area contributed by atoms with E-state index in [1.165, 1.54) is 0 Å². The van der Waals surface area contributed by atoms with E-state index in [9.17, 15) is 9.59 Å². The smallest absolute Gasteiger partial charge is 0.245 e. The zero-order valence-corrected chi connectivity index (χ0v) is 12.5. The van der Waals surface area contributed by atoms with Gasteiger partial charge in [0.15, 0.2) is 0 Å². The third-order valence-corrected chi connectivity index (χ3v) is 4.97. The van der Waals surface area contributed by atoms with Gasteiger partial charge in [-0.3, -0.25) is 9.59 Å². The number of hydrogen-bond donors (Lipinski definition) is 1. The molecule has 0 aromatic rings. The van der Waals surface area contributed by atoms with Crippen molar-refractivity contribution < 1.29 is 9.59 Å². The molecule has 1 saturated carbocycles. The third-order valence-electron chi connectivity index (χ3n) is 4.97. The van der Waals surface area contributed by atoms with Gasteiger partial charge in [0.2, 0.25) is 11.8 Å². The van der Waals surface area contributed by atoms with Crippen molar-refractivity contribution in [2.24, 2.45) is 11.8 Å². The van der Waals surface area contributed by atoms with E-state index in [1.54, 1.807) is 6.92 Å². The second kappa shape index (κ2) is 5.51. The first kappa shape index (κ1) is 14.4. The maximum atomic E-state index is 12.4. The van der Waals surface area contributed by atoms with Gasteiger partial charge in [0.1, 0.15) is 12.1 Å². The summed E-state index contributed by atoms with van der Waals surface area (Å²) in [5.41, 5.74) is 0. The molecule has 19 heavy (non-hydrogen) atoms. The average molecular weight is 266 g/mol. The van der Waals surface area contributed by atoms with Crippen molar-refractivity contribution in [3.63, 3.8) is 0 Å². The highest BCUT2D eigenvalue weighted by Crippen LogP contribution is 2.34. The van der Waals surface area contributed by atoms with Crippen LogP contribution in [0.3, 0.4) is 0 Å². The molecule has 1 aliphatic carbocycles. The number of piperazine rings is 1. The molecule has 5 atom stereocenters. The van der Waals surface area contributed by atoms with Crippen LogP contribution in [0.5, 0.6) is 0 Å². The van der Waals surface area contributed by atoms with Gasteiger partial charge in [0.25, 0.3) is 0 Å². The van der Waals surface area contributed by atoms with Crippen molar-refractivity contribution in [3.05, 3.63) is 0 Å². The van der Waals surface area contributed by atoms with Gasteiger partial charge in [-0.25, -0.2) is 0 Å². The van der Waals surface area contributed by atoms with Gasteiger partial charge in [-0.15, -0.1) is 0 Å². The summed E-state index contributed by atoms with van der Waals surface area (Å²) in [6, 6.07) is -0.392. The Morgan fingerprint density at radius 3 is 2.42 bits per heavy atom. The van der Waals surface area contributed by atoms with Crippen LogP contribution in [0.15, 0.2) is 0 Å². The highest BCUT2D eigenvalue weighted by molar-refractivity contribution is 5.96. The Morgan fingerprint density at radius 1 is 1.16 bits per heavy atom. The molecular weight excluding hydrogens is 240 g/mol. The van der Waals surface area contributed by atoms with Crippen molar-refractivity contribution in [2.75, 3.05) is 0 Å². The monoisotopic (exact) mass is 266 g/mol. The molecule has 1 heterocycles. The van der Waals surface area contributed by atoms with E-state index in [4.69, 9.17) is 0 Å². The van der Waals surface area contributed by atoms with E-state index in [0.717, 1.165) is 25.2 Å². The summed E-state index contributed by atoms with van der Waals surface area (Å²) in [5, 5.41) is 2.79. The molecule has 1 N–H and O–H groups in total. The van der Waals surface area contributed by atoms with Crippen LogP contribution in [0, 0.1) is 11.8 Å². The summed E-state index contributed by atoms with van der Waals surface area (Å²) >= 11 is 0. The van der Waals surface area contributed by atoms with Crippen molar-refractivity contribution >= 4 is 11.8 Å². The Bertz CT molecular complexity index is 369. The minimum atomic E-state index is -0.370. The number of carbonyl (C=O) groups excluding carboxylic acids is 2. The normalized spacial score (nSPS) is 40.2. The summed E-state index contributed by atoms with van der Waals surface area (Å²) in [5.74, 6) is 1.46. The van der Waals surface area contributed by atoms with E-state index in [0.29, 0.717) is 12.3 Å². The zero-order chi connectivity index (χ0) is 14.2. The number of nitrogens with one attached hydrogen (secondary N) is 1. The van der Waals surface area contributed by atoms with Gasteiger partial charge in [0.05, 0.1) is 0 Å². The van der Waals surface area contributed by atoms with Gasteiger partial charge in [-0.1, -0.05) is 20.8 Å². The molecule has 0 radical (unpaired) electrons. The van der Waals surface area contributed by atoms with Crippen molar-refractivity contribution in [2.45, 2.75) is 71.5 Å². The molecule has 0 spiro atoms. The molecule has 0 aromatic carbocycles. The molecule has 4 nitrogen and oxygen atoms in total. The maximum absolute atomic E-state index is 12.4. The molecule has 0 bridgehead atoms. The van der Waals surface area contributed by atoms with Crippen LogP contribution in [-0.2, 0) is 9.59 Å². The van der Waals surface area contributed by atoms with E-state index < -0.39 is 0 Å². The molecule has 5 unspecified atom stereocenters. The first-order chi connectivity index (χ1) is 8.95. The zero-order valence-electron chi connectivity index (χ0n) is 12.5. The predicted octanol–water partition coefficient (Wildman–Crippen LogP) is 1.94. The van der Waals surface area contributed by atoms with Crippen LogP contribution in [0.25, 0.3) is 0 Å². The summed E-state index contributed by atoms with van der Waals surface area (Å²) in [6.07, 6.45) is 3.92. The highest BCUT2D eigenvalue weighted by Gasteiger charge is 2.42. The fraction of sp³-hybridized carbons (Fsp3) is 0.867. The minimum Gasteiger partial charge on any atom is -0.343 e. The second-order valence-electron chi connectivity index (χ2n) is 6.32. The Hall–Kier alpha value is -1.06. The largest absolute Gasteiger partial charge is 0.343 e. The van der Waals surface area contributed by atoms with Crippen LogP contribution in [0.1, 0.15) is 53.4 Å². The average Bonchev–Trinajstić information content (AvgIpc) is 2.37. The van der Waals surface area contributed by atoms with Gasteiger partial charge in [-0.2, -0.15) is 0 Å². The van der Waals surface area contributed by atoms with Gasteiger partial charge < -0.3 is 10.2 Å². The van der Waals surface area contributed by atoms with Crippen LogP contribution >= 0.6 is 0 Å². The molecule has 2 aliphatic rings. The van der Waals surface area contributed by atoms with Gasteiger partial charge in [0, 0.05) is 6.04 Å². The summed E-state index contributed by atoms with van der Waals surface area (Å²) in [7, 11) is 0. The summed E-state index contributed by atoms with van der Waals surface area (Å²) < 4.78 is 0. The van der Waals surface area contributed by atoms with Crippen LogP contribution < -0.4 is 5.32 Å². The molecule has 108 valence electrons. The number of amides is 2. The highest BCUT2D eigenvalue weighted by atomic mass is 16.2. The second-order valence-corrected chi connectivity index (χ2v) is 6.32. The lowest BCUT2D eigenvalue weighted by Gasteiger charge is -2.46. The molecule has 2 fully saturated rings. The lowest BCUT2D eigenvalue weighted by Crippen LogP contribution is -2.65. The minimum absolute atomic E-state index is 0.0147. The SMILES string of the molecule is CCC1C(=O)NC(C)C(=O)N1C1CCC(C)C(C)C1. The number of nitrogens with zero attached hydrogens (tertiary/aromatic N) is 1. The molecular formula is C15H26N2O2. The van der Waals surface area contributed by atoms with Crippen molar-refractivity contribution in [3.8, 4) is 0 Å². The molecule has 2 amide bonds. The van der Waals surface area contributed by atoms with E-state index in [1.807, 2.05) is 11.8 Å². The number of hydrogen-bond acceptors (Lipinski definition) is 2. The summed E-state index contributed by atoms with van der Waals surface area (Å²) in [4.78, 5) is 26.4. The first-order valence-corrected chi connectivity index (χ1v) is 7.58. The summed E-state index contributed by atoms with van der Waals surface area (Å²) in [6.45, 7) is 8.31. The Morgan fingerprint density at radius 2 is 1.84 bits per heavy atom. The maximum Gasteiger partial charge on any atom is 0.245 e. The molecule has 1 saturated heterocycles. The molecule has 0 aromatic heterocycles. The topological polar surface area (TPSA) is 49.4 Å². The van der Waals surface area contributed by atoms with Crippen LogP contribution in [0.2, 0.25) is 0 Å². The van der Waals surface area contributed by atoms with Gasteiger partial charge >= 0.3 is 0 Å². The number of carbonyl (C=O) groups is 2. The Labute approximate surface area is 115 Å². The first-order valence-electron chi connectivity index (χ1n) is 7.58. The van der Waals surface area contributed by atoms with E-state index >= 15 is 0 Å². The van der Waals surface area contributed by atoms with E-state index in [-0.39, 0.29) is 29.9 Å². The lowest BCUT2D eigenvalue weighted by atomic mass is 9.78. The molecule has 2 rings (SSSR count). The standard InChI is InChI=1S/C15H26N2O2/c1-5-13-14(18)16-11(4)15(19)17(13)12-7-6-9(2)10(3)8-12/h9-13H,5-8H2,1-4H3,(H,16,18). The van der Waals surface area contributed by atoms with E-state index in [2.05, 4.69) is 19.2 Å². The van der Waals surface area contributed by atoms with Gasteiger partial charge in [-0.05, 0) is 44.4 Å². The fourth-order valence-corrected chi connectivity index (χ4v) is 3.46. The van der Waals surface area contributed by atoms with Crippen LogP contribution in [0.4, 0.5) is 0 Å². The van der Waals surface area contributed by atoms with Crippen molar-refractivity contribution in [1.82, 2.24) is 10.2 Å². The Kier molecular flexibility index (Phi) is 4.16. The predicted molar refractivity (Wildman–Crippen MR) is 74.5 cm³/mol. The molecule has 1 aliphatic heterocycles. The van der Waals surface area contributed by atoms with Crippen molar-refractivity contribution in [1.29, 1.82) is 0 Å². The quantitative estimate of drug-likeness (QED) is 0.830. The molecule has 4 heteroatoms. The Balaban J connectivity index is 2.19. The van der Waals surface area contributed by atoms with Crippen LogP contribution in [-0.4, -0.2) is 34.8 Å². The fourth-order valence-electron chi connectivity index (χ4n) is 3.46. The third kappa shape index (κ3) is 2.63. The number of rotatable bonds is 2.